The monoisotopic (exact) mass is 244 g/mol. The summed E-state index contributed by atoms with van der Waals surface area (Å²) < 4.78 is 9.52. The molecule has 0 atom stereocenters. The minimum atomic E-state index is -1.40. The van der Waals surface area contributed by atoms with E-state index in [4.69, 9.17) is 4.74 Å². The van der Waals surface area contributed by atoms with E-state index >= 15 is 0 Å². The topological polar surface area (TPSA) is 69.7 Å². The van der Waals surface area contributed by atoms with Gasteiger partial charge in [0.05, 0.1) is 13.2 Å². The number of esters is 2. The quantitative estimate of drug-likeness (QED) is 0.385. The minimum Gasteiger partial charge on any atom is -0.465 e. The zero-order valence-electron chi connectivity index (χ0n) is 10.9. The maximum atomic E-state index is 12.0. The van der Waals surface area contributed by atoms with E-state index in [-0.39, 0.29) is 26.1 Å². The molecule has 0 aliphatic heterocycles. The molecule has 0 N–H and O–H groups in total. The summed E-state index contributed by atoms with van der Waals surface area (Å²) in [6.07, 6.45) is 0.444. The third kappa shape index (κ3) is 3.28. The van der Waals surface area contributed by atoms with Crippen LogP contribution >= 0.6 is 0 Å². The van der Waals surface area contributed by atoms with Crippen molar-refractivity contribution in [3.05, 3.63) is 0 Å². The summed E-state index contributed by atoms with van der Waals surface area (Å²) in [7, 11) is 0. The molecule has 5 nitrogen and oxygen atoms in total. The third-order valence-corrected chi connectivity index (χ3v) is 2.77. The Bertz CT molecular complexity index is 291. The van der Waals surface area contributed by atoms with Crippen molar-refractivity contribution < 1.29 is 23.9 Å². The first-order valence-corrected chi connectivity index (χ1v) is 5.88. The average molecular weight is 244 g/mol. The van der Waals surface area contributed by atoms with Crippen LogP contribution in [0, 0.1) is 5.41 Å². The molecule has 17 heavy (non-hydrogen) atoms. The van der Waals surface area contributed by atoms with E-state index in [1.165, 1.54) is 0 Å². The summed E-state index contributed by atoms with van der Waals surface area (Å²) in [5.74, 6) is -2.44. The van der Waals surface area contributed by atoms with Crippen LogP contribution in [0.15, 0.2) is 0 Å². The molecule has 0 saturated carbocycles. The van der Waals surface area contributed by atoms with Gasteiger partial charge in [0.1, 0.15) is 5.41 Å². The maximum Gasteiger partial charge on any atom is 0.375 e. The molecule has 0 aromatic rings. The average Bonchev–Trinajstić information content (AvgIpc) is 2.31. The number of carbonyl (C=O) groups excluding carboxylic acids is 3. The van der Waals surface area contributed by atoms with E-state index < -0.39 is 23.1 Å². The zero-order valence-corrected chi connectivity index (χ0v) is 10.9. The lowest BCUT2D eigenvalue weighted by atomic mass is 9.78. The van der Waals surface area contributed by atoms with E-state index in [1.54, 1.807) is 27.7 Å². The van der Waals surface area contributed by atoms with Gasteiger partial charge in [-0.2, -0.15) is 0 Å². The molecular formula is C12H20O5. The van der Waals surface area contributed by atoms with Crippen molar-refractivity contribution in [2.75, 3.05) is 13.2 Å². The van der Waals surface area contributed by atoms with Gasteiger partial charge in [0.15, 0.2) is 0 Å². The molecular weight excluding hydrogens is 224 g/mol. The number of hydrogen-bond acceptors (Lipinski definition) is 5. The van der Waals surface area contributed by atoms with Gasteiger partial charge in [-0.05, 0) is 26.7 Å². The van der Waals surface area contributed by atoms with Crippen LogP contribution < -0.4 is 0 Å². The number of ether oxygens (including phenoxy) is 2. The fourth-order valence-electron chi connectivity index (χ4n) is 1.61. The van der Waals surface area contributed by atoms with Crippen LogP contribution in [0.25, 0.3) is 0 Å². The summed E-state index contributed by atoms with van der Waals surface area (Å²) in [5, 5.41) is 0. The maximum absolute atomic E-state index is 12.0. The van der Waals surface area contributed by atoms with Gasteiger partial charge >= 0.3 is 11.9 Å². The Morgan fingerprint density at radius 3 is 1.71 bits per heavy atom. The van der Waals surface area contributed by atoms with E-state index in [0.717, 1.165) is 0 Å². The highest BCUT2D eigenvalue weighted by Gasteiger charge is 2.47. The Morgan fingerprint density at radius 2 is 1.35 bits per heavy atom. The Kier molecular flexibility index (Phi) is 6.46. The van der Waals surface area contributed by atoms with E-state index in [9.17, 15) is 14.4 Å². The van der Waals surface area contributed by atoms with E-state index in [1.807, 2.05) is 0 Å². The van der Waals surface area contributed by atoms with Crippen LogP contribution in [-0.2, 0) is 23.9 Å². The molecule has 0 rings (SSSR count). The molecule has 0 aromatic heterocycles. The number of Topliss-reactive ketones (excluding diaryl/α,β-unsaturated/α-hetero) is 1. The standard InChI is InChI=1S/C12H20O5/c1-5-12(6-2,11(15)17-8-4)9(13)10(14)16-7-3/h5-8H2,1-4H3. The summed E-state index contributed by atoms with van der Waals surface area (Å²) in [6, 6.07) is 0. The van der Waals surface area contributed by atoms with Crippen molar-refractivity contribution in [3.63, 3.8) is 0 Å². The predicted octanol–water partition coefficient (Wildman–Crippen LogP) is 1.49. The third-order valence-electron chi connectivity index (χ3n) is 2.77. The number of rotatable bonds is 7. The highest BCUT2D eigenvalue weighted by Crippen LogP contribution is 2.30. The SMILES string of the molecule is CCOC(=O)C(=O)C(CC)(CC)C(=O)OCC. The van der Waals surface area contributed by atoms with Crippen LogP contribution in [-0.4, -0.2) is 30.9 Å². The second kappa shape index (κ2) is 7.04. The van der Waals surface area contributed by atoms with Crippen LogP contribution in [0.4, 0.5) is 0 Å². The molecule has 0 spiro atoms. The van der Waals surface area contributed by atoms with Gasteiger partial charge in [-0.3, -0.25) is 9.59 Å². The van der Waals surface area contributed by atoms with Crippen molar-refractivity contribution in [1.29, 1.82) is 0 Å². The highest BCUT2D eigenvalue weighted by atomic mass is 16.5. The summed E-state index contributed by atoms with van der Waals surface area (Å²) in [6.45, 7) is 6.90. The molecule has 0 heterocycles. The predicted molar refractivity (Wildman–Crippen MR) is 61.3 cm³/mol. The molecule has 0 fully saturated rings. The summed E-state index contributed by atoms with van der Waals surface area (Å²) in [5.41, 5.74) is -1.40. The highest BCUT2D eigenvalue weighted by molar-refractivity contribution is 6.39. The van der Waals surface area contributed by atoms with Gasteiger partial charge in [0, 0.05) is 0 Å². The van der Waals surface area contributed by atoms with E-state index in [2.05, 4.69) is 4.74 Å². The van der Waals surface area contributed by atoms with Gasteiger partial charge in [-0.25, -0.2) is 4.79 Å². The van der Waals surface area contributed by atoms with Crippen LogP contribution in [0.2, 0.25) is 0 Å². The molecule has 0 bridgehead atoms. The number of hydrogen-bond donors (Lipinski definition) is 0. The van der Waals surface area contributed by atoms with Crippen molar-refractivity contribution in [2.45, 2.75) is 40.5 Å². The summed E-state index contributed by atoms with van der Waals surface area (Å²) >= 11 is 0. The lowest BCUT2D eigenvalue weighted by molar-refractivity contribution is -0.169. The Balaban J connectivity index is 5.12. The van der Waals surface area contributed by atoms with Gasteiger partial charge < -0.3 is 9.47 Å². The second-order valence-corrected chi connectivity index (χ2v) is 3.56. The molecule has 0 aliphatic carbocycles. The molecule has 98 valence electrons. The molecule has 0 amide bonds. The number of carbonyl (C=O) groups is 3. The van der Waals surface area contributed by atoms with Crippen LogP contribution in [0.5, 0.6) is 0 Å². The lowest BCUT2D eigenvalue weighted by Gasteiger charge is -2.26. The van der Waals surface area contributed by atoms with Gasteiger partial charge in [0.2, 0.25) is 0 Å². The van der Waals surface area contributed by atoms with E-state index in [0.29, 0.717) is 0 Å². The minimum absolute atomic E-state index is 0.108. The molecule has 0 aromatic carbocycles. The Hall–Kier alpha value is -1.39. The van der Waals surface area contributed by atoms with Crippen LogP contribution in [0.1, 0.15) is 40.5 Å². The summed E-state index contributed by atoms with van der Waals surface area (Å²) in [4.78, 5) is 35.2. The fourth-order valence-corrected chi connectivity index (χ4v) is 1.61. The van der Waals surface area contributed by atoms with Crippen molar-refractivity contribution >= 4 is 17.7 Å². The normalized spacial score (nSPS) is 10.8. The van der Waals surface area contributed by atoms with Crippen molar-refractivity contribution in [2.24, 2.45) is 5.41 Å². The lowest BCUT2D eigenvalue weighted by Crippen LogP contribution is -2.44. The zero-order chi connectivity index (χ0) is 13.5. The smallest absolute Gasteiger partial charge is 0.375 e. The largest absolute Gasteiger partial charge is 0.465 e. The van der Waals surface area contributed by atoms with Crippen molar-refractivity contribution in [1.82, 2.24) is 0 Å². The van der Waals surface area contributed by atoms with Gasteiger partial charge in [-0.1, -0.05) is 13.8 Å². The first-order chi connectivity index (χ1) is 7.99. The fraction of sp³-hybridized carbons (Fsp3) is 0.750. The molecule has 0 unspecified atom stereocenters. The van der Waals surface area contributed by atoms with Crippen molar-refractivity contribution in [3.8, 4) is 0 Å². The Morgan fingerprint density at radius 1 is 0.882 bits per heavy atom. The first kappa shape index (κ1) is 15.6. The number of ketones is 1. The molecule has 5 heteroatoms. The van der Waals surface area contributed by atoms with Crippen LogP contribution in [0.3, 0.4) is 0 Å². The van der Waals surface area contributed by atoms with Gasteiger partial charge in [-0.15, -0.1) is 0 Å². The molecule has 0 radical (unpaired) electrons. The van der Waals surface area contributed by atoms with Gasteiger partial charge in [0.25, 0.3) is 5.78 Å². The molecule has 0 saturated heterocycles. The first-order valence-electron chi connectivity index (χ1n) is 5.88. The Labute approximate surface area is 101 Å². The second-order valence-electron chi connectivity index (χ2n) is 3.56. The molecule has 0 aliphatic rings.